The van der Waals surface area contributed by atoms with E-state index < -0.39 is 17.6 Å². The van der Waals surface area contributed by atoms with E-state index >= 15 is 0 Å². The first kappa shape index (κ1) is 17.8. The van der Waals surface area contributed by atoms with Gasteiger partial charge in [0.25, 0.3) is 0 Å². The van der Waals surface area contributed by atoms with Crippen molar-refractivity contribution in [1.82, 2.24) is 0 Å². The molecule has 3 nitrogen and oxygen atoms in total. The van der Waals surface area contributed by atoms with Crippen molar-refractivity contribution in [1.29, 1.82) is 0 Å². The van der Waals surface area contributed by atoms with Crippen LogP contribution in [0.4, 0.5) is 18.9 Å². The predicted molar refractivity (Wildman–Crippen MR) is 86.0 cm³/mol. The Kier molecular flexibility index (Phi) is 5.49. The molecule has 1 amide bonds. The largest absolute Gasteiger partial charge is 0.489 e. The van der Waals surface area contributed by atoms with Gasteiger partial charge in [-0.15, -0.1) is 0 Å². The monoisotopic (exact) mass is 337 g/mol. The van der Waals surface area contributed by atoms with E-state index in [-0.39, 0.29) is 24.0 Å². The number of carbonyl (C=O) groups excluding carboxylic acids is 1. The third-order valence-electron chi connectivity index (χ3n) is 3.15. The highest BCUT2D eigenvalue weighted by molar-refractivity contribution is 5.93. The maximum absolute atomic E-state index is 12.9. The highest BCUT2D eigenvalue weighted by Gasteiger charge is 2.31. The first-order chi connectivity index (χ1) is 11.3. The van der Waals surface area contributed by atoms with Gasteiger partial charge in [0.2, 0.25) is 5.91 Å². The first-order valence-corrected chi connectivity index (χ1v) is 7.47. The Hall–Kier alpha value is -2.50. The van der Waals surface area contributed by atoms with E-state index in [0.717, 1.165) is 17.7 Å². The van der Waals surface area contributed by atoms with Crippen molar-refractivity contribution in [3.8, 4) is 5.75 Å². The lowest BCUT2D eigenvalue weighted by Gasteiger charge is -2.17. The molecule has 128 valence electrons. The minimum absolute atomic E-state index is 0.0134. The molecular weight excluding hydrogens is 319 g/mol. The zero-order valence-corrected chi connectivity index (χ0v) is 13.4. The summed E-state index contributed by atoms with van der Waals surface area (Å²) < 4.78 is 44.2. The Bertz CT molecular complexity index is 697. The second kappa shape index (κ2) is 7.38. The van der Waals surface area contributed by atoms with Gasteiger partial charge < -0.3 is 10.1 Å². The van der Waals surface area contributed by atoms with Crippen LogP contribution in [0.15, 0.2) is 48.5 Å². The minimum Gasteiger partial charge on any atom is -0.489 e. The van der Waals surface area contributed by atoms with Gasteiger partial charge in [-0.05, 0) is 37.6 Å². The molecule has 0 bridgehead atoms. The zero-order valence-electron chi connectivity index (χ0n) is 13.4. The summed E-state index contributed by atoms with van der Waals surface area (Å²) in [5, 5.41) is 2.51. The fourth-order valence-electron chi connectivity index (χ4n) is 2.14. The normalized spacial score (nSPS) is 11.4. The molecule has 0 spiro atoms. The van der Waals surface area contributed by atoms with Gasteiger partial charge in [-0.3, -0.25) is 4.79 Å². The molecule has 0 radical (unpaired) electrons. The van der Waals surface area contributed by atoms with E-state index in [1.807, 2.05) is 6.07 Å². The lowest BCUT2D eigenvalue weighted by Crippen LogP contribution is -2.17. The smallest absolute Gasteiger partial charge is 0.416 e. The van der Waals surface area contributed by atoms with Crippen LogP contribution >= 0.6 is 0 Å². The molecule has 0 aliphatic heterocycles. The third-order valence-corrected chi connectivity index (χ3v) is 3.15. The molecule has 0 heterocycles. The van der Waals surface area contributed by atoms with Crippen LogP contribution in [-0.4, -0.2) is 12.0 Å². The molecule has 1 N–H and O–H groups in total. The molecular formula is C18H18F3NO2. The SMILES string of the molecule is CC(C)Oc1ccc(C(F)(F)F)cc1NC(=O)Cc1ccccc1. The van der Waals surface area contributed by atoms with E-state index in [4.69, 9.17) is 4.74 Å². The number of hydrogen-bond acceptors (Lipinski definition) is 2. The van der Waals surface area contributed by atoms with E-state index in [1.165, 1.54) is 6.07 Å². The van der Waals surface area contributed by atoms with Crippen molar-refractivity contribution in [2.45, 2.75) is 32.5 Å². The Morgan fingerprint density at radius 2 is 1.79 bits per heavy atom. The molecule has 2 aromatic carbocycles. The molecule has 0 unspecified atom stereocenters. The number of halogens is 3. The van der Waals surface area contributed by atoms with Gasteiger partial charge in [0.05, 0.1) is 23.8 Å². The summed E-state index contributed by atoms with van der Waals surface area (Å²) in [7, 11) is 0. The van der Waals surface area contributed by atoms with E-state index in [1.54, 1.807) is 38.1 Å². The number of carbonyl (C=O) groups is 1. The van der Waals surface area contributed by atoms with Crippen molar-refractivity contribution >= 4 is 11.6 Å². The Morgan fingerprint density at radius 3 is 2.38 bits per heavy atom. The zero-order chi connectivity index (χ0) is 17.7. The highest BCUT2D eigenvalue weighted by atomic mass is 19.4. The van der Waals surface area contributed by atoms with Gasteiger partial charge in [-0.1, -0.05) is 30.3 Å². The molecule has 0 atom stereocenters. The maximum Gasteiger partial charge on any atom is 0.416 e. The number of rotatable bonds is 5. The van der Waals surface area contributed by atoms with E-state index in [0.29, 0.717) is 0 Å². The van der Waals surface area contributed by atoms with Gasteiger partial charge in [0.15, 0.2) is 0 Å². The van der Waals surface area contributed by atoms with Crippen LogP contribution in [-0.2, 0) is 17.4 Å². The summed E-state index contributed by atoms with van der Waals surface area (Å²) in [6, 6.07) is 12.0. The molecule has 0 fully saturated rings. The summed E-state index contributed by atoms with van der Waals surface area (Å²) in [5.74, 6) is -0.200. The second-order valence-electron chi connectivity index (χ2n) is 5.59. The Balaban J connectivity index is 2.23. The van der Waals surface area contributed by atoms with Crippen LogP contribution in [0.25, 0.3) is 0 Å². The Labute approximate surface area is 138 Å². The number of ether oxygens (including phenoxy) is 1. The highest BCUT2D eigenvalue weighted by Crippen LogP contribution is 2.35. The summed E-state index contributed by atoms with van der Waals surface area (Å²) in [6.45, 7) is 3.51. The molecule has 2 rings (SSSR count). The molecule has 0 saturated heterocycles. The molecule has 0 saturated carbocycles. The van der Waals surface area contributed by atoms with E-state index in [2.05, 4.69) is 5.32 Å². The lowest BCUT2D eigenvalue weighted by molar-refractivity contribution is -0.137. The molecule has 0 aliphatic rings. The summed E-state index contributed by atoms with van der Waals surface area (Å²) in [6.07, 6.45) is -4.65. The fourth-order valence-corrected chi connectivity index (χ4v) is 2.14. The van der Waals surface area contributed by atoms with Crippen LogP contribution in [0.5, 0.6) is 5.75 Å². The summed E-state index contributed by atoms with van der Waals surface area (Å²) >= 11 is 0. The first-order valence-electron chi connectivity index (χ1n) is 7.47. The molecule has 24 heavy (non-hydrogen) atoms. The van der Waals surface area contributed by atoms with Crippen molar-refractivity contribution in [2.75, 3.05) is 5.32 Å². The molecule has 0 aromatic heterocycles. The van der Waals surface area contributed by atoms with E-state index in [9.17, 15) is 18.0 Å². The predicted octanol–water partition coefficient (Wildman–Crippen LogP) is 4.67. The van der Waals surface area contributed by atoms with Gasteiger partial charge in [0.1, 0.15) is 5.75 Å². The van der Waals surface area contributed by atoms with Crippen molar-refractivity contribution in [3.05, 3.63) is 59.7 Å². The number of benzene rings is 2. The second-order valence-corrected chi connectivity index (χ2v) is 5.59. The average Bonchev–Trinajstić information content (AvgIpc) is 2.48. The Morgan fingerprint density at radius 1 is 1.12 bits per heavy atom. The summed E-state index contributed by atoms with van der Waals surface area (Å²) in [4.78, 5) is 12.1. The van der Waals surface area contributed by atoms with Crippen LogP contribution in [0.2, 0.25) is 0 Å². The van der Waals surface area contributed by atoms with Crippen molar-refractivity contribution in [2.24, 2.45) is 0 Å². The van der Waals surface area contributed by atoms with Gasteiger partial charge in [-0.25, -0.2) is 0 Å². The standard InChI is InChI=1S/C18H18F3NO2/c1-12(2)24-16-9-8-14(18(19,20)21)11-15(16)22-17(23)10-13-6-4-3-5-7-13/h3-9,11-12H,10H2,1-2H3,(H,22,23). The average molecular weight is 337 g/mol. The number of anilines is 1. The molecule has 0 aliphatic carbocycles. The van der Waals surface area contributed by atoms with Gasteiger partial charge in [0, 0.05) is 0 Å². The number of nitrogens with one attached hydrogen (secondary N) is 1. The number of alkyl halides is 3. The van der Waals surface area contributed by atoms with Crippen LogP contribution < -0.4 is 10.1 Å². The van der Waals surface area contributed by atoms with Crippen LogP contribution in [0, 0.1) is 0 Å². The third kappa shape index (κ3) is 5.01. The quantitative estimate of drug-likeness (QED) is 0.861. The van der Waals surface area contributed by atoms with Crippen molar-refractivity contribution in [3.63, 3.8) is 0 Å². The maximum atomic E-state index is 12.9. The van der Waals surface area contributed by atoms with Gasteiger partial charge >= 0.3 is 6.18 Å². The van der Waals surface area contributed by atoms with Crippen molar-refractivity contribution < 1.29 is 22.7 Å². The number of hydrogen-bond donors (Lipinski definition) is 1. The minimum atomic E-state index is -4.49. The van der Waals surface area contributed by atoms with Gasteiger partial charge in [-0.2, -0.15) is 13.2 Å². The molecule has 6 heteroatoms. The molecule has 2 aromatic rings. The van der Waals surface area contributed by atoms with Crippen LogP contribution in [0.1, 0.15) is 25.0 Å². The topological polar surface area (TPSA) is 38.3 Å². The lowest BCUT2D eigenvalue weighted by atomic mass is 10.1. The number of amides is 1. The van der Waals surface area contributed by atoms with Crippen LogP contribution in [0.3, 0.4) is 0 Å². The fraction of sp³-hybridized carbons (Fsp3) is 0.278. The summed E-state index contributed by atoms with van der Waals surface area (Å²) in [5.41, 5.74) is -0.0543.